The Morgan fingerprint density at radius 3 is 2.12 bits per heavy atom. The Bertz CT molecular complexity index is 1920. The Morgan fingerprint density at radius 2 is 1.29 bits per heavy atom. The van der Waals surface area contributed by atoms with Gasteiger partial charge in [-0.15, -0.1) is 0 Å². The molecular formula is C36H28N4S. The second kappa shape index (κ2) is 10.1. The Balaban J connectivity index is 1.16. The van der Waals surface area contributed by atoms with Crippen molar-refractivity contribution in [3.63, 3.8) is 0 Å². The number of anilines is 1. The molecule has 5 heteroatoms. The van der Waals surface area contributed by atoms with Crippen molar-refractivity contribution in [1.82, 2.24) is 10.6 Å². The first kappa shape index (κ1) is 24.2. The van der Waals surface area contributed by atoms with Crippen molar-refractivity contribution < 1.29 is 0 Å². The Morgan fingerprint density at radius 1 is 0.561 bits per heavy atom. The molecule has 3 unspecified atom stereocenters. The number of fused-ring (bicyclic) bond motifs is 4. The van der Waals surface area contributed by atoms with Gasteiger partial charge >= 0.3 is 0 Å². The number of amidine groups is 1. The summed E-state index contributed by atoms with van der Waals surface area (Å²) in [4.78, 5) is 6.45. The van der Waals surface area contributed by atoms with E-state index in [1.807, 2.05) is 17.8 Å². The number of thioether (sulfide) groups is 1. The van der Waals surface area contributed by atoms with Crippen LogP contribution in [0.2, 0.25) is 0 Å². The molecule has 2 heterocycles. The molecule has 8 rings (SSSR count). The van der Waals surface area contributed by atoms with E-state index in [9.17, 15) is 0 Å². The van der Waals surface area contributed by atoms with Crippen LogP contribution in [0.5, 0.6) is 0 Å². The van der Waals surface area contributed by atoms with E-state index in [-0.39, 0.29) is 17.7 Å². The number of aliphatic imine (C=N–C) groups is 1. The minimum absolute atomic E-state index is 0.0854. The van der Waals surface area contributed by atoms with Crippen molar-refractivity contribution in [2.24, 2.45) is 4.99 Å². The van der Waals surface area contributed by atoms with E-state index in [0.29, 0.717) is 0 Å². The maximum absolute atomic E-state index is 5.17. The molecule has 4 nitrogen and oxygen atoms in total. The van der Waals surface area contributed by atoms with Gasteiger partial charge in [0.25, 0.3) is 0 Å². The van der Waals surface area contributed by atoms with Crippen molar-refractivity contribution >= 4 is 44.8 Å². The normalized spacial score (nSPS) is 19.8. The zero-order valence-corrected chi connectivity index (χ0v) is 23.1. The average Bonchev–Trinajstić information content (AvgIpc) is 3.50. The smallest absolute Gasteiger partial charge is 0.131 e. The minimum Gasteiger partial charge on any atom is -0.368 e. The number of nitrogens with zero attached hydrogens (tertiary/aromatic N) is 1. The molecule has 3 atom stereocenters. The summed E-state index contributed by atoms with van der Waals surface area (Å²) in [5.74, 6) is 0.891. The molecule has 0 bridgehead atoms. The van der Waals surface area contributed by atoms with Crippen molar-refractivity contribution in [2.75, 3.05) is 5.32 Å². The number of benzene rings is 6. The van der Waals surface area contributed by atoms with Gasteiger partial charge in [0.05, 0.1) is 5.69 Å². The molecule has 0 radical (unpaired) electrons. The first-order chi connectivity index (χ1) is 20.3. The molecule has 6 aromatic carbocycles. The van der Waals surface area contributed by atoms with E-state index in [4.69, 9.17) is 4.99 Å². The van der Waals surface area contributed by atoms with Gasteiger partial charge in [-0.25, -0.2) is 4.99 Å². The first-order valence-corrected chi connectivity index (χ1v) is 14.9. The lowest BCUT2D eigenvalue weighted by molar-refractivity contribution is 0.409. The third kappa shape index (κ3) is 4.53. The molecule has 0 spiro atoms. The highest BCUT2D eigenvalue weighted by atomic mass is 32.2. The van der Waals surface area contributed by atoms with Gasteiger partial charge in [0.15, 0.2) is 0 Å². The van der Waals surface area contributed by atoms with Crippen molar-refractivity contribution in [3.05, 3.63) is 156 Å². The second-order valence-corrected chi connectivity index (χ2v) is 11.7. The number of rotatable bonds is 4. The standard InChI is InChI=1S/C36H28N4S/c1-3-10-24(11-4-1)33-38-34(28-16-15-23-9-7-8-14-26(23)21-28)40-35(39-33)29-17-19-30-27(22-29)18-20-31-32(30)37-36(41-31)25-12-5-2-6-13-25/h1-22,33-34,36-38H,(H,39,40). The highest BCUT2D eigenvalue weighted by molar-refractivity contribution is 8.00. The Labute approximate surface area is 243 Å². The molecule has 41 heavy (non-hydrogen) atoms. The van der Waals surface area contributed by atoms with Gasteiger partial charge in [0.2, 0.25) is 0 Å². The van der Waals surface area contributed by atoms with Gasteiger partial charge in [-0.3, -0.25) is 5.32 Å². The van der Waals surface area contributed by atoms with Crippen LogP contribution in [0, 0.1) is 0 Å². The van der Waals surface area contributed by atoms with E-state index in [2.05, 4.69) is 143 Å². The summed E-state index contributed by atoms with van der Waals surface area (Å²) in [6.45, 7) is 0. The lowest BCUT2D eigenvalue weighted by atomic mass is 10.0. The molecule has 198 valence electrons. The van der Waals surface area contributed by atoms with E-state index < -0.39 is 0 Å². The van der Waals surface area contributed by atoms with E-state index in [1.165, 1.54) is 43.3 Å². The van der Waals surface area contributed by atoms with E-state index in [1.54, 1.807) is 0 Å². The summed E-state index contributed by atoms with van der Waals surface area (Å²) in [6.07, 6.45) is -0.248. The van der Waals surface area contributed by atoms with Gasteiger partial charge in [-0.05, 0) is 51.0 Å². The lowest BCUT2D eigenvalue weighted by Crippen LogP contribution is -2.44. The summed E-state index contributed by atoms with van der Waals surface area (Å²) in [6, 6.07) is 47.4. The fourth-order valence-corrected chi connectivity index (χ4v) is 7.00. The molecule has 0 saturated heterocycles. The van der Waals surface area contributed by atoms with Gasteiger partial charge in [0.1, 0.15) is 23.5 Å². The van der Waals surface area contributed by atoms with Crippen molar-refractivity contribution in [1.29, 1.82) is 0 Å². The van der Waals surface area contributed by atoms with Crippen LogP contribution in [0.1, 0.15) is 40.0 Å². The topological polar surface area (TPSA) is 48.5 Å². The first-order valence-electron chi connectivity index (χ1n) is 14.0. The van der Waals surface area contributed by atoms with Gasteiger partial charge in [-0.2, -0.15) is 0 Å². The van der Waals surface area contributed by atoms with Crippen molar-refractivity contribution in [2.45, 2.75) is 22.6 Å². The third-order valence-corrected chi connectivity index (χ3v) is 9.18. The van der Waals surface area contributed by atoms with Crippen LogP contribution >= 0.6 is 11.8 Å². The van der Waals surface area contributed by atoms with E-state index in [0.717, 1.165) is 17.0 Å². The molecule has 0 fully saturated rings. The zero-order chi connectivity index (χ0) is 27.2. The zero-order valence-electron chi connectivity index (χ0n) is 22.3. The SMILES string of the molecule is c1ccc(C2N=C(c3ccc4c5c(ccc4c3)SC(c3ccccc3)N5)NC(c3ccc4ccccc4c3)N2)cc1. The van der Waals surface area contributed by atoms with Crippen LogP contribution in [0.3, 0.4) is 0 Å². The van der Waals surface area contributed by atoms with Crippen molar-refractivity contribution in [3.8, 4) is 0 Å². The van der Waals surface area contributed by atoms with Gasteiger partial charge in [-0.1, -0.05) is 127 Å². The molecule has 6 aromatic rings. The summed E-state index contributed by atoms with van der Waals surface area (Å²) in [5, 5.41) is 16.3. The molecule has 0 amide bonds. The summed E-state index contributed by atoms with van der Waals surface area (Å²) >= 11 is 1.88. The molecule has 0 aliphatic carbocycles. The largest absolute Gasteiger partial charge is 0.368 e. The van der Waals surface area contributed by atoms with Gasteiger partial charge in [0, 0.05) is 15.8 Å². The maximum Gasteiger partial charge on any atom is 0.131 e. The molecule has 2 aliphatic heterocycles. The lowest BCUT2D eigenvalue weighted by Gasteiger charge is -2.32. The fourth-order valence-electron chi connectivity index (χ4n) is 5.84. The molecule has 2 aliphatic rings. The van der Waals surface area contributed by atoms with Crippen LogP contribution < -0.4 is 16.0 Å². The third-order valence-electron chi connectivity index (χ3n) is 7.96. The summed E-state index contributed by atoms with van der Waals surface area (Å²) < 4.78 is 0. The van der Waals surface area contributed by atoms with Crippen LogP contribution in [-0.4, -0.2) is 5.84 Å². The highest BCUT2D eigenvalue weighted by Gasteiger charge is 2.27. The van der Waals surface area contributed by atoms with Crippen LogP contribution in [0.4, 0.5) is 5.69 Å². The molecule has 3 N–H and O–H groups in total. The van der Waals surface area contributed by atoms with Crippen LogP contribution in [-0.2, 0) is 0 Å². The Hall–Kier alpha value is -4.58. The quantitative estimate of drug-likeness (QED) is 0.207. The number of nitrogens with one attached hydrogen (secondary N) is 3. The van der Waals surface area contributed by atoms with Crippen LogP contribution in [0.15, 0.2) is 143 Å². The predicted molar refractivity (Wildman–Crippen MR) is 171 cm³/mol. The molecular weight excluding hydrogens is 520 g/mol. The maximum atomic E-state index is 5.17. The van der Waals surface area contributed by atoms with Crippen LogP contribution in [0.25, 0.3) is 21.5 Å². The number of hydrogen-bond donors (Lipinski definition) is 3. The fraction of sp³-hybridized carbons (Fsp3) is 0.0833. The predicted octanol–water partition coefficient (Wildman–Crippen LogP) is 8.55. The summed E-state index contributed by atoms with van der Waals surface area (Å²) in [7, 11) is 0. The average molecular weight is 549 g/mol. The molecule has 0 saturated carbocycles. The Kier molecular flexibility index (Phi) is 5.98. The highest BCUT2D eigenvalue weighted by Crippen LogP contribution is 2.49. The monoisotopic (exact) mass is 548 g/mol. The minimum atomic E-state index is -0.163. The summed E-state index contributed by atoms with van der Waals surface area (Å²) in [5.41, 5.74) is 5.91. The number of hydrogen-bond acceptors (Lipinski definition) is 5. The van der Waals surface area contributed by atoms with E-state index >= 15 is 0 Å². The molecule has 0 aromatic heterocycles. The van der Waals surface area contributed by atoms with Gasteiger partial charge < -0.3 is 10.6 Å². The second-order valence-electron chi connectivity index (χ2n) is 10.6.